The van der Waals surface area contributed by atoms with Gasteiger partial charge in [-0.15, -0.1) is 10.2 Å². The maximum Gasteiger partial charge on any atom is 0.270 e. The second-order valence-electron chi connectivity index (χ2n) is 4.02. The van der Waals surface area contributed by atoms with Crippen molar-refractivity contribution in [1.29, 1.82) is 0 Å². The van der Waals surface area contributed by atoms with E-state index in [0.717, 1.165) is 11.3 Å². The summed E-state index contributed by atoms with van der Waals surface area (Å²) >= 11 is 6.18. The number of rotatable bonds is 2. The summed E-state index contributed by atoms with van der Waals surface area (Å²) in [6, 6.07) is 3.59. The first kappa shape index (κ1) is 11.9. The number of nitrogens with zero attached hydrogens (tertiary/aromatic N) is 5. The molecule has 3 aromatic rings. The van der Waals surface area contributed by atoms with E-state index in [1.165, 1.54) is 0 Å². The molecule has 0 aromatic carbocycles. The van der Waals surface area contributed by atoms with E-state index in [1.54, 1.807) is 29.2 Å². The molecule has 3 aromatic heterocycles. The normalized spacial score (nSPS) is 10.9. The molecule has 0 saturated heterocycles. The largest absolute Gasteiger partial charge is 0.414 e. The lowest BCUT2D eigenvalue weighted by Crippen LogP contribution is -1.92. The van der Waals surface area contributed by atoms with E-state index in [4.69, 9.17) is 16.0 Å². The maximum atomic E-state index is 6.18. The van der Waals surface area contributed by atoms with Crippen LogP contribution in [0, 0.1) is 6.92 Å². The van der Waals surface area contributed by atoms with Crippen LogP contribution in [0.3, 0.4) is 0 Å². The molecule has 7 heteroatoms. The molecule has 0 N–H and O–H groups in total. The number of hydrogen-bond acceptors (Lipinski definition) is 5. The summed E-state index contributed by atoms with van der Waals surface area (Å²) in [5.41, 5.74) is 2.15. The van der Waals surface area contributed by atoms with Crippen LogP contribution in [0.4, 0.5) is 0 Å². The molecule has 96 valence electrons. The van der Waals surface area contributed by atoms with Crippen LogP contribution in [0.1, 0.15) is 5.69 Å². The summed E-state index contributed by atoms with van der Waals surface area (Å²) in [5.74, 6) is 0.720. The van der Waals surface area contributed by atoms with Crippen molar-refractivity contribution in [1.82, 2.24) is 25.0 Å². The number of aromatic nitrogens is 5. The van der Waals surface area contributed by atoms with E-state index in [9.17, 15) is 0 Å². The monoisotopic (exact) mass is 275 g/mol. The minimum absolute atomic E-state index is 0.306. The minimum atomic E-state index is 0.306. The van der Waals surface area contributed by atoms with E-state index in [2.05, 4.69) is 20.3 Å². The van der Waals surface area contributed by atoms with E-state index in [1.807, 2.05) is 14.0 Å². The van der Waals surface area contributed by atoms with Crippen molar-refractivity contribution in [3.63, 3.8) is 0 Å². The van der Waals surface area contributed by atoms with Crippen molar-refractivity contribution in [2.75, 3.05) is 0 Å². The molecule has 19 heavy (non-hydrogen) atoms. The first-order valence-electron chi connectivity index (χ1n) is 5.60. The highest BCUT2D eigenvalue weighted by molar-refractivity contribution is 6.33. The van der Waals surface area contributed by atoms with Crippen LogP contribution in [0.15, 0.2) is 28.9 Å². The first-order chi connectivity index (χ1) is 9.16. The molecule has 0 unspecified atom stereocenters. The van der Waals surface area contributed by atoms with Crippen molar-refractivity contribution in [3.05, 3.63) is 35.2 Å². The molecule has 0 aliphatic heterocycles. The van der Waals surface area contributed by atoms with E-state index < -0.39 is 0 Å². The Morgan fingerprint density at radius 3 is 2.47 bits per heavy atom. The lowest BCUT2D eigenvalue weighted by molar-refractivity contribution is 0.579. The van der Waals surface area contributed by atoms with E-state index >= 15 is 0 Å². The SMILES string of the molecule is Cc1c(Cl)c(-c2nnc(-c3ccncc3)o2)nn1C. The standard InChI is InChI=1S/C12H10ClN5O/c1-7-9(13)10(17-18(7)2)12-16-15-11(19-12)8-3-5-14-6-4-8/h3-6H,1-2H3. The Labute approximate surface area is 114 Å². The van der Waals surface area contributed by atoms with Crippen molar-refractivity contribution < 1.29 is 4.42 Å². The number of halogens is 1. The maximum absolute atomic E-state index is 6.18. The van der Waals surface area contributed by atoms with Crippen molar-refractivity contribution in [3.8, 4) is 23.0 Å². The predicted octanol–water partition coefficient (Wildman–Crippen LogP) is 2.49. The molecule has 3 heterocycles. The topological polar surface area (TPSA) is 69.6 Å². The van der Waals surface area contributed by atoms with Gasteiger partial charge in [-0.1, -0.05) is 11.6 Å². The Kier molecular flexibility index (Phi) is 2.79. The van der Waals surface area contributed by atoms with E-state index in [-0.39, 0.29) is 0 Å². The van der Waals surface area contributed by atoms with Crippen LogP contribution in [0.5, 0.6) is 0 Å². The zero-order chi connectivity index (χ0) is 13.4. The van der Waals surface area contributed by atoms with Gasteiger partial charge in [0, 0.05) is 25.0 Å². The fourth-order valence-electron chi connectivity index (χ4n) is 1.65. The highest BCUT2D eigenvalue weighted by Crippen LogP contribution is 2.29. The Bertz CT molecular complexity index is 719. The van der Waals surface area contributed by atoms with Gasteiger partial charge in [0.25, 0.3) is 5.89 Å². The summed E-state index contributed by atoms with van der Waals surface area (Å²) in [5, 5.41) is 12.8. The van der Waals surface area contributed by atoms with Gasteiger partial charge in [-0.05, 0) is 19.1 Å². The van der Waals surface area contributed by atoms with Gasteiger partial charge in [0.15, 0.2) is 5.69 Å². The number of aryl methyl sites for hydroxylation is 1. The summed E-state index contributed by atoms with van der Waals surface area (Å²) in [7, 11) is 1.81. The molecule has 0 radical (unpaired) electrons. The molecular formula is C12H10ClN5O. The third-order valence-electron chi connectivity index (χ3n) is 2.82. The lowest BCUT2D eigenvalue weighted by atomic mass is 10.3. The molecular weight excluding hydrogens is 266 g/mol. The average molecular weight is 276 g/mol. The van der Waals surface area contributed by atoms with Gasteiger partial charge in [-0.2, -0.15) is 5.10 Å². The van der Waals surface area contributed by atoms with Gasteiger partial charge in [0.1, 0.15) is 0 Å². The zero-order valence-electron chi connectivity index (χ0n) is 10.3. The fraction of sp³-hybridized carbons (Fsp3) is 0.167. The molecule has 6 nitrogen and oxygen atoms in total. The van der Waals surface area contributed by atoms with Gasteiger partial charge in [-0.3, -0.25) is 9.67 Å². The first-order valence-corrected chi connectivity index (χ1v) is 5.98. The molecule has 0 atom stereocenters. The zero-order valence-corrected chi connectivity index (χ0v) is 11.1. The van der Waals surface area contributed by atoms with Crippen molar-refractivity contribution in [2.45, 2.75) is 6.92 Å². The molecule has 0 amide bonds. The van der Waals surface area contributed by atoms with Crippen LogP contribution in [0.2, 0.25) is 5.02 Å². The highest BCUT2D eigenvalue weighted by Gasteiger charge is 2.19. The minimum Gasteiger partial charge on any atom is -0.414 e. The van der Waals surface area contributed by atoms with E-state index in [0.29, 0.717) is 22.5 Å². The summed E-state index contributed by atoms with van der Waals surface area (Å²) in [6.45, 7) is 1.87. The number of hydrogen-bond donors (Lipinski definition) is 0. The lowest BCUT2D eigenvalue weighted by Gasteiger charge is -1.91. The highest BCUT2D eigenvalue weighted by atomic mass is 35.5. The molecule has 0 aliphatic rings. The fourth-order valence-corrected chi connectivity index (χ4v) is 1.89. The second-order valence-corrected chi connectivity index (χ2v) is 4.40. The van der Waals surface area contributed by atoms with Gasteiger partial charge in [0.05, 0.1) is 10.7 Å². The smallest absolute Gasteiger partial charge is 0.270 e. The molecule has 0 fully saturated rings. The average Bonchev–Trinajstić information content (AvgIpc) is 3.01. The van der Waals surface area contributed by atoms with Crippen molar-refractivity contribution >= 4 is 11.6 Å². The molecule has 0 aliphatic carbocycles. The summed E-state index contributed by atoms with van der Waals surface area (Å²) in [4.78, 5) is 3.94. The van der Waals surface area contributed by atoms with Crippen LogP contribution in [0.25, 0.3) is 23.0 Å². The molecule has 0 bridgehead atoms. The molecule has 0 saturated carbocycles. The van der Waals surface area contributed by atoms with Gasteiger partial charge < -0.3 is 4.42 Å². The Hall–Kier alpha value is -2.21. The van der Waals surface area contributed by atoms with Gasteiger partial charge >= 0.3 is 0 Å². The molecule has 3 rings (SSSR count). The summed E-state index contributed by atoms with van der Waals surface area (Å²) < 4.78 is 7.27. The Morgan fingerprint density at radius 1 is 1.16 bits per heavy atom. The third kappa shape index (κ3) is 2.00. The second kappa shape index (κ2) is 4.47. The van der Waals surface area contributed by atoms with Crippen LogP contribution in [-0.2, 0) is 7.05 Å². The quantitative estimate of drug-likeness (QED) is 0.719. The molecule has 0 spiro atoms. The number of pyridine rings is 1. The van der Waals surface area contributed by atoms with Crippen LogP contribution >= 0.6 is 11.6 Å². The van der Waals surface area contributed by atoms with Crippen molar-refractivity contribution in [2.24, 2.45) is 7.05 Å². The third-order valence-corrected chi connectivity index (χ3v) is 3.27. The Morgan fingerprint density at radius 2 is 1.84 bits per heavy atom. The Balaban J connectivity index is 2.04. The predicted molar refractivity (Wildman–Crippen MR) is 69.5 cm³/mol. The summed E-state index contributed by atoms with van der Waals surface area (Å²) in [6.07, 6.45) is 3.33. The van der Waals surface area contributed by atoms with Crippen LogP contribution < -0.4 is 0 Å². The van der Waals surface area contributed by atoms with Gasteiger partial charge in [-0.25, -0.2) is 0 Å². The van der Waals surface area contributed by atoms with Gasteiger partial charge in [0.2, 0.25) is 5.89 Å². The van der Waals surface area contributed by atoms with Crippen LogP contribution in [-0.4, -0.2) is 25.0 Å².